The third-order valence-electron chi connectivity index (χ3n) is 3.03. The van der Waals surface area contributed by atoms with E-state index < -0.39 is 0 Å². The van der Waals surface area contributed by atoms with Crippen molar-refractivity contribution in [3.8, 4) is 0 Å². The summed E-state index contributed by atoms with van der Waals surface area (Å²) < 4.78 is 0. The lowest BCUT2D eigenvalue weighted by Crippen LogP contribution is -2.35. The maximum absolute atomic E-state index is 3.77. The summed E-state index contributed by atoms with van der Waals surface area (Å²) in [4.78, 5) is 0. The zero-order chi connectivity index (χ0) is 12.1. The van der Waals surface area contributed by atoms with Crippen LogP contribution in [0, 0.1) is 0 Å². The molecule has 2 rings (SSSR count). The molecule has 1 aliphatic heterocycles. The Kier molecular flexibility index (Phi) is 5.26. The molecule has 1 nitrogen and oxygen atoms in total. The van der Waals surface area contributed by atoms with Crippen molar-refractivity contribution in [1.29, 1.82) is 0 Å². The number of hydrogen-bond donors (Lipinski definition) is 1. The van der Waals surface area contributed by atoms with Gasteiger partial charge in [-0.3, -0.25) is 0 Å². The molecule has 94 valence electrons. The normalized spacial score (nSPS) is 20.9. The van der Waals surface area contributed by atoms with E-state index in [1.165, 1.54) is 34.1 Å². The molecule has 0 saturated heterocycles. The molecule has 1 heterocycles. The van der Waals surface area contributed by atoms with E-state index in [1.807, 2.05) is 23.5 Å². The van der Waals surface area contributed by atoms with Gasteiger partial charge in [0.15, 0.2) is 0 Å². The van der Waals surface area contributed by atoms with E-state index in [1.54, 1.807) is 0 Å². The standard InChI is InChI=1S/C14H21NS2/c1-3-16-8-11(2)15-14-10-17-9-12-6-4-5-7-13(12)14/h4-7,11,14-15H,3,8-10H2,1-2H3. The Bertz CT molecular complexity index is 354. The molecule has 0 aliphatic carbocycles. The fraction of sp³-hybridized carbons (Fsp3) is 0.571. The van der Waals surface area contributed by atoms with Crippen LogP contribution in [0.4, 0.5) is 0 Å². The topological polar surface area (TPSA) is 12.0 Å². The number of benzene rings is 1. The van der Waals surface area contributed by atoms with Crippen LogP contribution in [-0.4, -0.2) is 23.3 Å². The van der Waals surface area contributed by atoms with E-state index in [4.69, 9.17) is 0 Å². The molecule has 17 heavy (non-hydrogen) atoms. The van der Waals surface area contributed by atoms with Gasteiger partial charge < -0.3 is 5.32 Å². The summed E-state index contributed by atoms with van der Waals surface area (Å²) in [6, 6.07) is 10.00. The highest BCUT2D eigenvalue weighted by Gasteiger charge is 2.21. The minimum atomic E-state index is 0.539. The monoisotopic (exact) mass is 267 g/mol. The van der Waals surface area contributed by atoms with Gasteiger partial charge >= 0.3 is 0 Å². The van der Waals surface area contributed by atoms with Gasteiger partial charge in [0.1, 0.15) is 0 Å². The lowest BCUT2D eigenvalue weighted by molar-refractivity contribution is 0.512. The van der Waals surface area contributed by atoms with E-state index in [-0.39, 0.29) is 0 Å². The molecule has 0 radical (unpaired) electrons. The molecule has 3 heteroatoms. The van der Waals surface area contributed by atoms with Crippen LogP contribution in [-0.2, 0) is 5.75 Å². The highest BCUT2D eigenvalue weighted by atomic mass is 32.2. The Morgan fingerprint density at radius 2 is 2.29 bits per heavy atom. The van der Waals surface area contributed by atoms with Gasteiger partial charge in [-0.25, -0.2) is 0 Å². The molecular formula is C14H21NS2. The molecule has 0 spiro atoms. The van der Waals surface area contributed by atoms with Gasteiger partial charge in [0.25, 0.3) is 0 Å². The van der Waals surface area contributed by atoms with E-state index >= 15 is 0 Å². The van der Waals surface area contributed by atoms with Crippen molar-refractivity contribution in [2.45, 2.75) is 31.7 Å². The Hall–Kier alpha value is -0.120. The Balaban J connectivity index is 1.98. The predicted molar refractivity (Wildman–Crippen MR) is 80.9 cm³/mol. The predicted octanol–water partition coefficient (Wildman–Crippen LogP) is 3.71. The lowest BCUT2D eigenvalue weighted by Gasteiger charge is -2.28. The molecular weight excluding hydrogens is 246 g/mol. The smallest absolute Gasteiger partial charge is 0.0417 e. The average Bonchev–Trinajstić information content (AvgIpc) is 2.37. The van der Waals surface area contributed by atoms with Crippen molar-refractivity contribution in [2.24, 2.45) is 0 Å². The van der Waals surface area contributed by atoms with Crippen LogP contribution in [0.15, 0.2) is 24.3 Å². The van der Waals surface area contributed by atoms with Gasteiger partial charge in [0, 0.05) is 29.3 Å². The molecule has 2 atom stereocenters. The van der Waals surface area contributed by atoms with E-state index in [2.05, 4.69) is 43.4 Å². The molecule has 0 aromatic heterocycles. The molecule has 0 fully saturated rings. The van der Waals surface area contributed by atoms with Crippen LogP contribution in [0.25, 0.3) is 0 Å². The van der Waals surface area contributed by atoms with Crippen LogP contribution in [0.3, 0.4) is 0 Å². The van der Waals surface area contributed by atoms with Crippen molar-refractivity contribution >= 4 is 23.5 Å². The van der Waals surface area contributed by atoms with Crippen molar-refractivity contribution in [3.63, 3.8) is 0 Å². The Morgan fingerprint density at radius 1 is 1.47 bits per heavy atom. The SMILES string of the molecule is CCSCC(C)NC1CSCc2ccccc21. The van der Waals surface area contributed by atoms with Crippen LogP contribution in [0.2, 0.25) is 0 Å². The van der Waals surface area contributed by atoms with Gasteiger partial charge in [-0.2, -0.15) is 23.5 Å². The van der Waals surface area contributed by atoms with E-state index in [0.29, 0.717) is 12.1 Å². The highest BCUT2D eigenvalue weighted by molar-refractivity contribution is 7.99. The average molecular weight is 267 g/mol. The second-order valence-corrected chi connectivity index (χ2v) is 6.84. The molecule has 1 N–H and O–H groups in total. The van der Waals surface area contributed by atoms with Crippen LogP contribution >= 0.6 is 23.5 Å². The fourth-order valence-corrected chi connectivity index (χ4v) is 4.00. The summed E-state index contributed by atoms with van der Waals surface area (Å²) in [6.07, 6.45) is 0. The number of thioether (sulfide) groups is 2. The van der Waals surface area contributed by atoms with Gasteiger partial charge in [-0.05, 0) is 23.8 Å². The largest absolute Gasteiger partial charge is 0.306 e. The zero-order valence-electron chi connectivity index (χ0n) is 10.6. The number of nitrogens with one attached hydrogen (secondary N) is 1. The quantitative estimate of drug-likeness (QED) is 0.873. The highest BCUT2D eigenvalue weighted by Crippen LogP contribution is 2.31. The molecule has 1 aliphatic rings. The van der Waals surface area contributed by atoms with Crippen LogP contribution in [0.1, 0.15) is 31.0 Å². The first-order valence-electron chi connectivity index (χ1n) is 6.30. The summed E-state index contributed by atoms with van der Waals surface area (Å²) in [6.45, 7) is 4.52. The van der Waals surface area contributed by atoms with Crippen molar-refractivity contribution in [3.05, 3.63) is 35.4 Å². The van der Waals surface area contributed by atoms with Gasteiger partial charge in [-0.1, -0.05) is 31.2 Å². The first-order chi connectivity index (χ1) is 8.31. The summed E-state index contributed by atoms with van der Waals surface area (Å²) in [5, 5.41) is 3.77. The second kappa shape index (κ2) is 6.72. The van der Waals surface area contributed by atoms with Crippen molar-refractivity contribution < 1.29 is 0 Å². The van der Waals surface area contributed by atoms with Crippen molar-refractivity contribution in [2.75, 3.05) is 17.3 Å². The molecule has 1 aromatic carbocycles. The summed E-state index contributed by atoms with van der Waals surface area (Å²) >= 11 is 4.06. The third kappa shape index (κ3) is 3.67. The molecule has 0 saturated carbocycles. The molecule has 2 unspecified atom stereocenters. The van der Waals surface area contributed by atoms with E-state index in [9.17, 15) is 0 Å². The van der Waals surface area contributed by atoms with Gasteiger partial charge in [0.05, 0.1) is 0 Å². The third-order valence-corrected chi connectivity index (χ3v) is 5.26. The lowest BCUT2D eigenvalue weighted by atomic mass is 10.0. The van der Waals surface area contributed by atoms with Crippen LogP contribution < -0.4 is 5.32 Å². The minimum absolute atomic E-state index is 0.539. The van der Waals surface area contributed by atoms with Crippen molar-refractivity contribution in [1.82, 2.24) is 5.32 Å². The number of fused-ring (bicyclic) bond motifs is 1. The molecule has 0 bridgehead atoms. The maximum Gasteiger partial charge on any atom is 0.0417 e. The second-order valence-electron chi connectivity index (χ2n) is 4.49. The summed E-state index contributed by atoms with van der Waals surface area (Å²) in [5.74, 6) is 4.80. The first kappa shape index (κ1) is 13.3. The Morgan fingerprint density at radius 3 is 3.12 bits per heavy atom. The molecule has 0 amide bonds. The zero-order valence-corrected chi connectivity index (χ0v) is 12.2. The van der Waals surface area contributed by atoms with E-state index in [0.717, 1.165) is 0 Å². The van der Waals surface area contributed by atoms with Gasteiger partial charge in [0.2, 0.25) is 0 Å². The summed E-state index contributed by atoms with van der Waals surface area (Å²) in [7, 11) is 0. The Labute approximate surface area is 113 Å². The van der Waals surface area contributed by atoms with Gasteiger partial charge in [-0.15, -0.1) is 0 Å². The first-order valence-corrected chi connectivity index (χ1v) is 8.61. The maximum atomic E-state index is 3.77. The number of rotatable bonds is 5. The van der Waals surface area contributed by atoms with Crippen LogP contribution in [0.5, 0.6) is 0 Å². The number of hydrogen-bond acceptors (Lipinski definition) is 3. The fourth-order valence-electron chi connectivity index (χ4n) is 2.21. The minimum Gasteiger partial charge on any atom is -0.306 e. The molecule has 1 aromatic rings. The summed E-state index contributed by atoms with van der Waals surface area (Å²) in [5.41, 5.74) is 3.02.